The molecule has 2 saturated heterocycles. The van der Waals surface area contributed by atoms with Crippen LogP contribution in [-0.4, -0.2) is 71.5 Å². The van der Waals surface area contributed by atoms with Crippen molar-refractivity contribution < 1.29 is 13.9 Å². The van der Waals surface area contributed by atoms with Gasteiger partial charge in [0.25, 0.3) is 0 Å². The molecule has 2 aliphatic heterocycles. The summed E-state index contributed by atoms with van der Waals surface area (Å²) in [4.78, 5) is 23.1. The first-order valence-corrected chi connectivity index (χ1v) is 12.2. The maximum absolute atomic E-state index is 14.1. The van der Waals surface area contributed by atoms with E-state index in [1.165, 1.54) is 12.1 Å². The zero-order valence-corrected chi connectivity index (χ0v) is 19.8. The van der Waals surface area contributed by atoms with Crippen LogP contribution >= 0.6 is 0 Å². The number of nitrogens with zero attached hydrogens (tertiary/aromatic N) is 4. The molecule has 3 aromatic rings. The SMILES string of the molecule is CN1CCC(Cc2ccc(F)cc2)(C(=O)N2CCOCC(Cc3nccn4cccc34)C2)CC1. The number of fused-ring (bicyclic) bond motifs is 1. The number of hydrogen-bond acceptors (Lipinski definition) is 4. The second-order valence-corrected chi connectivity index (χ2v) is 9.96. The first-order valence-electron chi connectivity index (χ1n) is 12.2. The van der Waals surface area contributed by atoms with Crippen LogP contribution in [0.15, 0.2) is 55.0 Å². The van der Waals surface area contributed by atoms with Crippen LogP contribution in [0.3, 0.4) is 0 Å². The summed E-state index contributed by atoms with van der Waals surface area (Å²) >= 11 is 0. The quantitative estimate of drug-likeness (QED) is 0.581. The van der Waals surface area contributed by atoms with Crippen molar-refractivity contribution in [1.29, 1.82) is 0 Å². The van der Waals surface area contributed by atoms with Crippen LogP contribution in [0.2, 0.25) is 0 Å². The molecule has 1 atom stereocenters. The van der Waals surface area contributed by atoms with Crippen LogP contribution in [0.25, 0.3) is 5.52 Å². The summed E-state index contributed by atoms with van der Waals surface area (Å²) in [5.41, 5.74) is 2.70. The van der Waals surface area contributed by atoms with Gasteiger partial charge in [0.1, 0.15) is 5.82 Å². The number of ether oxygens (including phenoxy) is 1. The molecule has 0 N–H and O–H groups in total. The van der Waals surface area contributed by atoms with Crippen molar-refractivity contribution >= 4 is 11.4 Å². The molecule has 0 spiro atoms. The minimum Gasteiger partial charge on any atom is -0.379 e. The third-order valence-electron chi connectivity index (χ3n) is 7.49. The Balaban J connectivity index is 1.36. The molecular formula is C27H33FN4O2. The summed E-state index contributed by atoms with van der Waals surface area (Å²) in [6.45, 7) is 4.24. The molecule has 6 nitrogen and oxygen atoms in total. The molecule has 1 amide bonds. The molecule has 2 fully saturated rings. The third-order valence-corrected chi connectivity index (χ3v) is 7.49. The maximum atomic E-state index is 14.1. The molecule has 7 heteroatoms. The Bertz CT molecular complexity index is 1120. The summed E-state index contributed by atoms with van der Waals surface area (Å²) in [6, 6.07) is 10.7. The number of carbonyl (C=O) groups excluding carboxylic acids is 1. The van der Waals surface area contributed by atoms with E-state index in [1.807, 2.05) is 41.7 Å². The van der Waals surface area contributed by atoms with Crippen LogP contribution in [0.5, 0.6) is 0 Å². The lowest BCUT2D eigenvalue weighted by molar-refractivity contribution is -0.145. The van der Waals surface area contributed by atoms with E-state index in [0.29, 0.717) is 32.7 Å². The van der Waals surface area contributed by atoms with Crippen LogP contribution in [0.4, 0.5) is 4.39 Å². The number of aromatic nitrogens is 2. The Labute approximate surface area is 200 Å². The number of rotatable bonds is 5. The van der Waals surface area contributed by atoms with Crippen molar-refractivity contribution in [2.75, 3.05) is 46.4 Å². The van der Waals surface area contributed by atoms with Gasteiger partial charge in [-0.3, -0.25) is 9.78 Å². The molecule has 1 aromatic carbocycles. The van der Waals surface area contributed by atoms with Crippen molar-refractivity contribution in [3.05, 3.63) is 72.1 Å². The molecular weight excluding hydrogens is 431 g/mol. The van der Waals surface area contributed by atoms with E-state index in [-0.39, 0.29) is 17.6 Å². The van der Waals surface area contributed by atoms with Gasteiger partial charge in [0.2, 0.25) is 5.91 Å². The van der Waals surface area contributed by atoms with Gasteiger partial charge in [-0.1, -0.05) is 12.1 Å². The smallest absolute Gasteiger partial charge is 0.229 e. The van der Waals surface area contributed by atoms with Crippen molar-refractivity contribution in [3.8, 4) is 0 Å². The number of halogens is 1. The normalized spacial score (nSPS) is 21.5. The van der Waals surface area contributed by atoms with Gasteiger partial charge < -0.3 is 18.9 Å². The van der Waals surface area contributed by atoms with E-state index in [9.17, 15) is 9.18 Å². The van der Waals surface area contributed by atoms with E-state index in [0.717, 1.165) is 49.1 Å². The Morgan fingerprint density at radius 3 is 2.74 bits per heavy atom. The number of carbonyl (C=O) groups is 1. The topological polar surface area (TPSA) is 50.1 Å². The fraction of sp³-hybridized carbons (Fsp3) is 0.481. The molecule has 0 radical (unpaired) electrons. The highest BCUT2D eigenvalue weighted by molar-refractivity contribution is 5.83. The van der Waals surface area contributed by atoms with E-state index >= 15 is 0 Å². The van der Waals surface area contributed by atoms with E-state index in [2.05, 4.69) is 27.4 Å². The standard InChI is InChI=1S/C27H33FN4O2/c1-30-12-8-27(9-13-30,18-21-4-6-23(28)7-5-21)26(33)32-15-16-34-20-22(19-32)17-24-25-3-2-11-31(25)14-10-29-24/h2-7,10-11,14,22H,8-9,12-13,15-20H2,1H3. The summed E-state index contributed by atoms with van der Waals surface area (Å²) in [5, 5.41) is 0. The minimum absolute atomic E-state index is 0.189. The van der Waals surface area contributed by atoms with Gasteiger partial charge in [0.15, 0.2) is 0 Å². The molecule has 0 aliphatic carbocycles. The Morgan fingerprint density at radius 2 is 1.94 bits per heavy atom. The highest BCUT2D eigenvalue weighted by atomic mass is 19.1. The highest BCUT2D eigenvalue weighted by Gasteiger charge is 2.43. The molecule has 0 bridgehead atoms. The summed E-state index contributed by atoms with van der Waals surface area (Å²) in [7, 11) is 2.11. The lowest BCUT2D eigenvalue weighted by atomic mass is 9.72. The van der Waals surface area contributed by atoms with E-state index < -0.39 is 5.41 Å². The summed E-state index contributed by atoms with van der Waals surface area (Å²) in [5.74, 6) is 0.162. The predicted octanol–water partition coefficient (Wildman–Crippen LogP) is 3.45. The molecule has 34 heavy (non-hydrogen) atoms. The minimum atomic E-state index is -0.459. The van der Waals surface area contributed by atoms with Gasteiger partial charge in [0, 0.05) is 37.6 Å². The zero-order valence-electron chi connectivity index (χ0n) is 19.8. The number of benzene rings is 1. The predicted molar refractivity (Wildman–Crippen MR) is 129 cm³/mol. The van der Waals surface area contributed by atoms with Gasteiger partial charge in [-0.25, -0.2) is 4.39 Å². The lowest BCUT2D eigenvalue weighted by Crippen LogP contribution is -2.52. The van der Waals surface area contributed by atoms with Crippen LogP contribution < -0.4 is 0 Å². The molecule has 0 saturated carbocycles. The van der Waals surface area contributed by atoms with Gasteiger partial charge in [-0.2, -0.15) is 0 Å². The highest BCUT2D eigenvalue weighted by Crippen LogP contribution is 2.37. The average Bonchev–Trinajstić information content (AvgIpc) is 3.22. The van der Waals surface area contributed by atoms with Gasteiger partial charge >= 0.3 is 0 Å². The monoisotopic (exact) mass is 464 g/mol. The maximum Gasteiger partial charge on any atom is 0.229 e. The van der Waals surface area contributed by atoms with Crippen molar-refractivity contribution in [1.82, 2.24) is 19.2 Å². The Kier molecular flexibility index (Phi) is 6.66. The van der Waals surface area contributed by atoms with Crippen molar-refractivity contribution in [2.45, 2.75) is 25.7 Å². The molecule has 4 heterocycles. The molecule has 2 aliphatic rings. The number of amides is 1. The third kappa shape index (κ3) is 4.86. The van der Waals surface area contributed by atoms with Gasteiger partial charge in [-0.15, -0.1) is 0 Å². The zero-order chi connectivity index (χ0) is 23.5. The molecule has 5 rings (SSSR count). The molecule has 180 valence electrons. The number of likely N-dealkylation sites (tertiary alicyclic amines) is 1. The van der Waals surface area contributed by atoms with Crippen molar-refractivity contribution in [2.24, 2.45) is 11.3 Å². The molecule has 1 unspecified atom stereocenters. The van der Waals surface area contributed by atoms with E-state index in [4.69, 9.17) is 4.74 Å². The lowest BCUT2D eigenvalue weighted by Gasteiger charge is -2.42. The summed E-state index contributed by atoms with van der Waals surface area (Å²) in [6.07, 6.45) is 8.86. The number of hydrogen-bond donors (Lipinski definition) is 0. The number of piperidine rings is 1. The second kappa shape index (κ2) is 9.84. The van der Waals surface area contributed by atoms with Gasteiger partial charge in [0.05, 0.1) is 29.8 Å². The van der Waals surface area contributed by atoms with Gasteiger partial charge in [-0.05, 0) is 75.6 Å². The van der Waals surface area contributed by atoms with Crippen LogP contribution in [0, 0.1) is 17.2 Å². The molecule has 2 aromatic heterocycles. The van der Waals surface area contributed by atoms with Crippen LogP contribution in [0.1, 0.15) is 24.1 Å². The Hall–Kier alpha value is -2.77. The van der Waals surface area contributed by atoms with Crippen LogP contribution in [-0.2, 0) is 22.4 Å². The second-order valence-electron chi connectivity index (χ2n) is 9.96. The van der Waals surface area contributed by atoms with E-state index in [1.54, 1.807) is 0 Å². The fourth-order valence-electron chi connectivity index (χ4n) is 5.49. The Morgan fingerprint density at radius 1 is 1.15 bits per heavy atom. The fourth-order valence-corrected chi connectivity index (χ4v) is 5.49. The van der Waals surface area contributed by atoms with Crippen molar-refractivity contribution in [3.63, 3.8) is 0 Å². The summed E-state index contributed by atoms with van der Waals surface area (Å²) < 4.78 is 21.5. The first kappa shape index (κ1) is 23.0. The average molecular weight is 465 g/mol. The largest absolute Gasteiger partial charge is 0.379 e. The first-order chi connectivity index (χ1) is 16.5.